The summed E-state index contributed by atoms with van der Waals surface area (Å²) in [5.74, 6) is 0. The molecule has 1 aromatic heterocycles. The zero-order valence-electron chi connectivity index (χ0n) is 25.1. The van der Waals surface area contributed by atoms with Gasteiger partial charge in [-0.05, 0) is 92.3 Å². The minimum atomic E-state index is 0.891. The van der Waals surface area contributed by atoms with Crippen molar-refractivity contribution < 1.29 is 4.42 Å². The van der Waals surface area contributed by atoms with Gasteiger partial charge in [0.2, 0.25) is 0 Å². The fourth-order valence-electron chi connectivity index (χ4n) is 7.01. The zero-order chi connectivity index (χ0) is 30.5. The van der Waals surface area contributed by atoms with E-state index < -0.39 is 0 Å². The van der Waals surface area contributed by atoms with Crippen LogP contribution in [0.25, 0.3) is 65.7 Å². The SMILES string of the molecule is c1ccc(-c2c(-c3ccccc3)c3cc(N(c4ccccc4)c4ccc5oc6ccccc6c5c4)ccc3c3ccccc23)cc1. The van der Waals surface area contributed by atoms with E-state index in [-0.39, 0.29) is 0 Å². The van der Waals surface area contributed by atoms with Crippen LogP contribution in [-0.2, 0) is 0 Å². The lowest BCUT2D eigenvalue weighted by atomic mass is 9.85. The molecule has 2 nitrogen and oxygen atoms in total. The number of nitrogens with zero attached hydrogens (tertiary/aromatic N) is 1. The summed E-state index contributed by atoms with van der Waals surface area (Å²) < 4.78 is 6.20. The van der Waals surface area contributed by atoms with Crippen LogP contribution in [0.2, 0.25) is 0 Å². The normalized spacial score (nSPS) is 11.5. The van der Waals surface area contributed by atoms with Gasteiger partial charge in [-0.15, -0.1) is 0 Å². The fourth-order valence-corrected chi connectivity index (χ4v) is 7.01. The van der Waals surface area contributed by atoms with Crippen LogP contribution in [0.3, 0.4) is 0 Å². The van der Waals surface area contributed by atoms with Crippen LogP contribution < -0.4 is 4.90 Å². The van der Waals surface area contributed by atoms with E-state index in [1.165, 1.54) is 43.8 Å². The van der Waals surface area contributed by atoms with Gasteiger partial charge in [0, 0.05) is 27.8 Å². The van der Waals surface area contributed by atoms with E-state index in [0.717, 1.165) is 39.0 Å². The molecule has 0 unspecified atom stereocenters. The molecule has 0 aliphatic carbocycles. The Labute approximate surface area is 267 Å². The maximum atomic E-state index is 6.20. The molecular weight excluding hydrogens is 558 g/mol. The third kappa shape index (κ3) is 4.27. The monoisotopic (exact) mass is 587 g/mol. The number of para-hydroxylation sites is 2. The third-order valence-corrected chi connectivity index (χ3v) is 9.03. The molecule has 46 heavy (non-hydrogen) atoms. The Morgan fingerprint density at radius 1 is 0.304 bits per heavy atom. The van der Waals surface area contributed by atoms with Gasteiger partial charge in [-0.1, -0.05) is 127 Å². The maximum absolute atomic E-state index is 6.20. The first-order valence-electron chi connectivity index (χ1n) is 15.7. The van der Waals surface area contributed by atoms with E-state index in [1.807, 2.05) is 12.1 Å². The second-order valence-corrected chi connectivity index (χ2v) is 11.7. The van der Waals surface area contributed by atoms with Crippen molar-refractivity contribution in [3.05, 3.63) is 176 Å². The number of anilines is 3. The molecule has 9 rings (SSSR count). The van der Waals surface area contributed by atoms with Crippen molar-refractivity contribution in [2.24, 2.45) is 0 Å². The zero-order valence-corrected chi connectivity index (χ0v) is 25.1. The number of furan rings is 1. The highest BCUT2D eigenvalue weighted by atomic mass is 16.3. The molecule has 0 fully saturated rings. The Hall–Kier alpha value is -6.12. The molecule has 1 heterocycles. The van der Waals surface area contributed by atoms with E-state index in [9.17, 15) is 0 Å². The first-order valence-corrected chi connectivity index (χ1v) is 15.7. The minimum absolute atomic E-state index is 0.891. The molecule has 2 heteroatoms. The van der Waals surface area contributed by atoms with Crippen LogP contribution in [0.15, 0.2) is 180 Å². The van der Waals surface area contributed by atoms with E-state index in [0.29, 0.717) is 0 Å². The van der Waals surface area contributed by atoms with Gasteiger partial charge < -0.3 is 9.32 Å². The predicted molar refractivity (Wildman–Crippen MR) is 194 cm³/mol. The highest BCUT2D eigenvalue weighted by Crippen LogP contribution is 2.47. The van der Waals surface area contributed by atoms with Crippen LogP contribution in [0.4, 0.5) is 17.1 Å². The lowest BCUT2D eigenvalue weighted by molar-refractivity contribution is 0.669. The van der Waals surface area contributed by atoms with E-state index >= 15 is 0 Å². The molecule has 0 spiro atoms. The average Bonchev–Trinajstić information content (AvgIpc) is 3.50. The second kappa shape index (κ2) is 10.8. The Balaban J connectivity index is 1.37. The highest BCUT2D eigenvalue weighted by molar-refractivity contribution is 6.22. The van der Waals surface area contributed by atoms with Crippen molar-refractivity contribution in [3.8, 4) is 22.3 Å². The van der Waals surface area contributed by atoms with Crippen molar-refractivity contribution >= 4 is 60.5 Å². The molecule has 216 valence electrons. The van der Waals surface area contributed by atoms with Gasteiger partial charge in [0.1, 0.15) is 11.2 Å². The second-order valence-electron chi connectivity index (χ2n) is 11.7. The summed E-state index contributed by atoms with van der Waals surface area (Å²) in [4.78, 5) is 2.35. The largest absolute Gasteiger partial charge is 0.456 e. The topological polar surface area (TPSA) is 16.4 Å². The highest BCUT2D eigenvalue weighted by Gasteiger charge is 2.20. The van der Waals surface area contributed by atoms with E-state index in [2.05, 4.69) is 169 Å². The molecular formula is C44H29NO. The number of benzene rings is 8. The van der Waals surface area contributed by atoms with Gasteiger partial charge >= 0.3 is 0 Å². The number of hydrogen-bond donors (Lipinski definition) is 0. The van der Waals surface area contributed by atoms with Gasteiger partial charge in [-0.2, -0.15) is 0 Å². The van der Waals surface area contributed by atoms with Crippen molar-refractivity contribution in [2.75, 3.05) is 4.90 Å². The Kier molecular flexibility index (Phi) is 6.17. The van der Waals surface area contributed by atoms with Gasteiger partial charge in [0.25, 0.3) is 0 Å². The van der Waals surface area contributed by atoms with E-state index in [4.69, 9.17) is 4.42 Å². The Bertz CT molecular complexity index is 2510. The molecule has 9 aromatic rings. The number of hydrogen-bond acceptors (Lipinski definition) is 2. The summed E-state index contributed by atoms with van der Waals surface area (Å²) in [5, 5.41) is 7.19. The summed E-state index contributed by atoms with van der Waals surface area (Å²) in [6.45, 7) is 0. The molecule has 0 radical (unpaired) electrons. The summed E-state index contributed by atoms with van der Waals surface area (Å²) in [7, 11) is 0. The average molecular weight is 588 g/mol. The van der Waals surface area contributed by atoms with Crippen LogP contribution in [0, 0.1) is 0 Å². The molecule has 0 saturated heterocycles. The van der Waals surface area contributed by atoms with Crippen molar-refractivity contribution in [3.63, 3.8) is 0 Å². The van der Waals surface area contributed by atoms with Gasteiger partial charge in [-0.3, -0.25) is 0 Å². The van der Waals surface area contributed by atoms with Crippen LogP contribution in [-0.4, -0.2) is 0 Å². The summed E-state index contributed by atoms with van der Waals surface area (Å²) >= 11 is 0. The summed E-state index contributed by atoms with van der Waals surface area (Å²) in [5.41, 5.74) is 9.97. The molecule has 0 saturated carbocycles. The first kappa shape index (κ1) is 26.3. The summed E-state index contributed by atoms with van der Waals surface area (Å²) in [6.07, 6.45) is 0. The van der Waals surface area contributed by atoms with Crippen LogP contribution >= 0.6 is 0 Å². The lowest BCUT2D eigenvalue weighted by Crippen LogP contribution is -2.09. The molecule has 0 aliphatic rings. The molecule has 0 bridgehead atoms. The minimum Gasteiger partial charge on any atom is -0.456 e. The molecule has 0 amide bonds. The lowest BCUT2D eigenvalue weighted by Gasteiger charge is -2.27. The smallest absolute Gasteiger partial charge is 0.135 e. The van der Waals surface area contributed by atoms with Crippen LogP contribution in [0.1, 0.15) is 0 Å². The molecule has 8 aromatic carbocycles. The first-order chi connectivity index (χ1) is 22.8. The van der Waals surface area contributed by atoms with Gasteiger partial charge in [0.05, 0.1) is 0 Å². The molecule has 0 atom stereocenters. The van der Waals surface area contributed by atoms with Crippen molar-refractivity contribution in [1.29, 1.82) is 0 Å². The van der Waals surface area contributed by atoms with Crippen molar-refractivity contribution in [2.45, 2.75) is 0 Å². The Morgan fingerprint density at radius 2 is 0.783 bits per heavy atom. The number of fused-ring (bicyclic) bond motifs is 6. The Morgan fingerprint density at radius 3 is 1.48 bits per heavy atom. The van der Waals surface area contributed by atoms with Crippen molar-refractivity contribution in [1.82, 2.24) is 0 Å². The maximum Gasteiger partial charge on any atom is 0.135 e. The predicted octanol–water partition coefficient (Wildman–Crippen LogP) is 12.7. The standard InChI is InChI=1S/C44H29NO/c1-4-14-30(15-5-1)43-38-22-11-10-20-35(38)36-26-24-33(29-40(36)44(43)31-16-6-2-7-17-31)45(32-18-8-3-9-19-32)34-25-27-42-39(28-34)37-21-12-13-23-41(37)46-42/h1-29H. The molecule has 0 aliphatic heterocycles. The molecule has 0 N–H and O–H groups in total. The third-order valence-electron chi connectivity index (χ3n) is 9.03. The van der Waals surface area contributed by atoms with Gasteiger partial charge in [-0.25, -0.2) is 0 Å². The quantitative estimate of drug-likeness (QED) is 0.186. The van der Waals surface area contributed by atoms with Gasteiger partial charge in [0.15, 0.2) is 0 Å². The summed E-state index contributed by atoms with van der Waals surface area (Å²) in [6, 6.07) is 62.8. The number of rotatable bonds is 5. The van der Waals surface area contributed by atoms with Crippen LogP contribution in [0.5, 0.6) is 0 Å². The van der Waals surface area contributed by atoms with E-state index in [1.54, 1.807) is 0 Å². The fraction of sp³-hybridized carbons (Fsp3) is 0.